The predicted octanol–water partition coefficient (Wildman–Crippen LogP) is 2.77. The van der Waals surface area contributed by atoms with E-state index >= 15 is 0 Å². The van der Waals surface area contributed by atoms with Crippen molar-refractivity contribution in [2.45, 2.75) is 19.8 Å². The fraction of sp³-hybridized carbons (Fsp3) is 0.231. The SMILES string of the molecule is CC(C)c1ccc(-c2cc(NC=O)[nH]n2)cc1. The summed E-state index contributed by atoms with van der Waals surface area (Å²) >= 11 is 0. The zero-order chi connectivity index (χ0) is 12.3. The van der Waals surface area contributed by atoms with Crippen molar-refractivity contribution in [3.8, 4) is 11.3 Å². The van der Waals surface area contributed by atoms with Crippen LogP contribution in [-0.2, 0) is 4.79 Å². The maximum Gasteiger partial charge on any atom is 0.212 e. The van der Waals surface area contributed by atoms with E-state index in [1.54, 1.807) is 6.07 Å². The minimum atomic E-state index is 0.524. The number of anilines is 1. The topological polar surface area (TPSA) is 57.8 Å². The summed E-state index contributed by atoms with van der Waals surface area (Å²) in [4.78, 5) is 10.3. The lowest BCUT2D eigenvalue weighted by Crippen LogP contribution is -1.92. The normalized spacial score (nSPS) is 10.5. The van der Waals surface area contributed by atoms with E-state index < -0.39 is 0 Å². The molecule has 0 saturated heterocycles. The number of aromatic nitrogens is 2. The van der Waals surface area contributed by atoms with Crippen molar-refractivity contribution < 1.29 is 4.79 Å². The maximum atomic E-state index is 10.3. The highest BCUT2D eigenvalue weighted by Crippen LogP contribution is 2.22. The van der Waals surface area contributed by atoms with E-state index in [2.05, 4.69) is 41.5 Å². The average molecular weight is 229 g/mol. The second-order valence-corrected chi connectivity index (χ2v) is 4.21. The van der Waals surface area contributed by atoms with Crippen LogP contribution in [0, 0.1) is 0 Å². The van der Waals surface area contributed by atoms with E-state index in [1.807, 2.05) is 12.1 Å². The van der Waals surface area contributed by atoms with E-state index in [4.69, 9.17) is 0 Å². The highest BCUT2D eigenvalue weighted by molar-refractivity contribution is 5.72. The number of rotatable bonds is 4. The van der Waals surface area contributed by atoms with Gasteiger partial charge >= 0.3 is 0 Å². The highest BCUT2D eigenvalue weighted by Gasteiger charge is 2.04. The molecule has 4 heteroatoms. The number of aromatic amines is 1. The first-order valence-electron chi connectivity index (χ1n) is 5.56. The number of amides is 1. The van der Waals surface area contributed by atoms with E-state index in [0.717, 1.165) is 11.3 Å². The summed E-state index contributed by atoms with van der Waals surface area (Å²) in [5, 5.41) is 9.41. The molecule has 2 rings (SSSR count). The van der Waals surface area contributed by atoms with Crippen LogP contribution >= 0.6 is 0 Å². The molecule has 0 fully saturated rings. The number of hydrogen-bond acceptors (Lipinski definition) is 2. The minimum Gasteiger partial charge on any atom is -0.314 e. The van der Waals surface area contributed by atoms with Crippen LogP contribution in [0.25, 0.3) is 11.3 Å². The van der Waals surface area contributed by atoms with Crippen LogP contribution in [0.1, 0.15) is 25.3 Å². The molecule has 0 spiro atoms. The fourth-order valence-corrected chi connectivity index (χ4v) is 1.65. The predicted molar refractivity (Wildman–Crippen MR) is 67.8 cm³/mol. The van der Waals surface area contributed by atoms with Gasteiger partial charge in [-0.2, -0.15) is 5.10 Å². The molecule has 88 valence electrons. The van der Waals surface area contributed by atoms with Gasteiger partial charge in [-0.15, -0.1) is 0 Å². The van der Waals surface area contributed by atoms with Gasteiger partial charge in [0.15, 0.2) is 0 Å². The fourth-order valence-electron chi connectivity index (χ4n) is 1.65. The third kappa shape index (κ3) is 2.53. The molecule has 1 amide bonds. The summed E-state index contributed by atoms with van der Waals surface area (Å²) in [6, 6.07) is 10.1. The van der Waals surface area contributed by atoms with Gasteiger partial charge in [0.05, 0.1) is 5.69 Å². The average Bonchev–Trinajstić information content (AvgIpc) is 2.78. The Balaban J connectivity index is 2.23. The Hall–Kier alpha value is -2.10. The molecule has 1 heterocycles. The molecule has 2 N–H and O–H groups in total. The summed E-state index contributed by atoms with van der Waals surface area (Å²) in [6.07, 6.45) is 0.624. The summed E-state index contributed by atoms with van der Waals surface area (Å²) in [6.45, 7) is 4.32. The molecule has 0 radical (unpaired) electrons. The van der Waals surface area contributed by atoms with Crippen molar-refractivity contribution >= 4 is 12.2 Å². The van der Waals surface area contributed by atoms with Gasteiger partial charge in [0.25, 0.3) is 0 Å². The molecule has 1 aromatic heterocycles. The Labute approximate surface area is 100 Å². The van der Waals surface area contributed by atoms with Crippen LogP contribution in [0.4, 0.5) is 5.82 Å². The summed E-state index contributed by atoms with van der Waals surface area (Å²) < 4.78 is 0. The lowest BCUT2D eigenvalue weighted by molar-refractivity contribution is -0.105. The second kappa shape index (κ2) is 4.82. The van der Waals surface area contributed by atoms with Crippen molar-refractivity contribution in [2.24, 2.45) is 0 Å². The van der Waals surface area contributed by atoms with Gasteiger partial charge in [0.2, 0.25) is 6.41 Å². The van der Waals surface area contributed by atoms with Crippen molar-refractivity contribution in [3.05, 3.63) is 35.9 Å². The van der Waals surface area contributed by atoms with E-state index in [9.17, 15) is 4.79 Å². The molecule has 1 aromatic carbocycles. The zero-order valence-electron chi connectivity index (χ0n) is 9.90. The van der Waals surface area contributed by atoms with Crippen LogP contribution in [-0.4, -0.2) is 16.6 Å². The maximum absolute atomic E-state index is 10.3. The standard InChI is InChI=1S/C13H15N3O/c1-9(2)10-3-5-11(6-4-10)12-7-13(14-8-17)16-15-12/h3-9H,1-2H3,(H2,14,15,16,17). The van der Waals surface area contributed by atoms with E-state index in [0.29, 0.717) is 18.1 Å². The third-order valence-electron chi connectivity index (χ3n) is 2.67. The van der Waals surface area contributed by atoms with Gasteiger partial charge in [0.1, 0.15) is 5.82 Å². The Kier molecular flexibility index (Phi) is 3.23. The summed E-state index contributed by atoms with van der Waals surface area (Å²) in [5.74, 6) is 1.12. The lowest BCUT2D eigenvalue weighted by Gasteiger charge is -2.05. The number of hydrogen-bond donors (Lipinski definition) is 2. The first-order chi connectivity index (χ1) is 8.20. The monoisotopic (exact) mass is 229 g/mol. The quantitative estimate of drug-likeness (QED) is 0.792. The molecule has 0 atom stereocenters. The molecular weight excluding hydrogens is 214 g/mol. The number of carbonyl (C=O) groups excluding carboxylic acids is 1. The molecule has 0 bridgehead atoms. The van der Waals surface area contributed by atoms with Gasteiger partial charge in [-0.1, -0.05) is 38.1 Å². The molecule has 0 saturated carbocycles. The number of nitrogens with one attached hydrogen (secondary N) is 2. The Morgan fingerprint density at radius 2 is 2.00 bits per heavy atom. The first-order valence-corrected chi connectivity index (χ1v) is 5.56. The van der Waals surface area contributed by atoms with Crippen LogP contribution < -0.4 is 5.32 Å². The molecule has 0 aliphatic carbocycles. The van der Waals surface area contributed by atoms with Crippen molar-refractivity contribution in [1.29, 1.82) is 0 Å². The number of nitrogens with zero attached hydrogens (tertiary/aromatic N) is 1. The highest BCUT2D eigenvalue weighted by atomic mass is 16.1. The summed E-state index contributed by atoms with van der Waals surface area (Å²) in [5.41, 5.74) is 3.16. The molecular formula is C13H15N3O. The van der Waals surface area contributed by atoms with E-state index in [1.165, 1.54) is 5.56 Å². The Morgan fingerprint density at radius 3 is 2.59 bits per heavy atom. The lowest BCUT2D eigenvalue weighted by atomic mass is 10.0. The number of carbonyl (C=O) groups is 1. The van der Waals surface area contributed by atoms with Crippen molar-refractivity contribution in [3.63, 3.8) is 0 Å². The Bertz CT molecular complexity index is 500. The molecule has 0 aliphatic rings. The van der Waals surface area contributed by atoms with Gasteiger partial charge in [-0.05, 0) is 11.5 Å². The van der Waals surface area contributed by atoms with Gasteiger partial charge in [-0.25, -0.2) is 0 Å². The molecule has 0 unspecified atom stereocenters. The van der Waals surface area contributed by atoms with Gasteiger partial charge in [-0.3, -0.25) is 9.89 Å². The van der Waals surface area contributed by atoms with Crippen molar-refractivity contribution in [1.82, 2.24) is 10.2 Å². The first kappa shape index (κ1) is 11.4. The van der Waals surface area contributed by atoms with Crippen LogP contribution in [0.5, 0.6) is 0 Å². The van der Waals surface area contributed by atoms with Gasteiger partial charge in [0, 0.05) is 11.6 Å². The van der Waals surface area contributed by atoms with Gasteiger partial charge < -0.3 is 5.32 Å². The molecule has 0 aliphatic heterocycles. The molecule has 4 nitrogen and oxygen atoms in total. The minimum absolute atomic E-state index is 0.524. The van der Waals surface area contributed by atoms with Crippen molar-refractivity contribution in [2.75, 3.05) is 5.32 Å². The van der Waals surface area contributed by atoms with Crippen LogP contribution in [0.15, 0.2) is 30.3 Å². The van der Waals surface area contributed by atoms with Crippen LogP contribution in [0.2, 0.25) is 0 Å². The largest absolute Gasteiger partial charge is 0.314 e. The number of benzene rings is 1. The summed E-state index contributed by atoms with van der Waals surface area (Å²) in [7, 11) is 0. The van der Waals surface area contributed by atoms with E-state index in [-0.39, 0.29) is 0 Å². The Morgan fingerprint density at radius 1 is 1.29 bits per heavy atom. The second-order valence-electron chi connectivity index (χ2n) is 4.21. The zero-order valence-corrected chi connectivity index (χ0v) is 9.90. The third-order valence-corrected chi connectivity index (χ3v) is 2.67. The molecule has 2 aromatic rings. The smallest absolute Gasteiger partial charge is 0.212 e. The number of H-pyrrole nitrogens is 1. The van der Waals surface area contributed by atoms with Crippen LogP contribution in [0.3, 0.4) is 0 Å². The molecule has 17 heavy (non-hydrogen) atoms.